The van der Waals surface area contributed by atoms with Crippen LogP contribution in [0.25, 0.3) is 0 Å². The Kier molecular flexibility index (Phi) is 3.60. The highest BCUT2D eigenvalue weighted by atomic mass is 19.1. The van der Waals surface area contributed by atoms with Crippen LogP contribution in [0.2, 0.25) is 0 Å². The second-order valence-corrected chi connectivity index (χ2v) is 4.39. The van der Waals surface area contributed by atoms with E-state index in [1.54, 1.807) is 25.3 Å². The van der Waals surface area contributed by atoms with Crippen LogP contribution >= 0.6 is 0 Å². The molecule has 0 saturated carbocycles. The summed E-state index contributed by atoms with van der Waals surface area (Å²) in [6.45, 7) is 4.87. The highest BCUT2D eigenvalue weighted by Crippen LogP contribution is 2.28. The zero-order valence-electron chi connectivity index (χ0n) is 11.0. The molecule has 0 aliphatic rings. The Morgan fingerprint density at radius 1 is 1.26 bits per heavy atom. The first kappa shape index (κ1) is 13.2. The zero-order valence-corrected chi connectivity index (χ0v) is 11.0. The Labute approximate surface area is 111 Å². The van der Waals surface area contributed by atoms with E-state index in [1.807, 2.05) is 6.92 Å². The number of ether oxygens (including phenoxy) is 1. The molecule has 0 aliphatic carbocycles. The van der Waals surface area contributed by atoms with E-state index in [2.05, 4.69) is 4.98 Å². The molecule has 0 amide bonds. The number of Topliss-reactive ketones (excluding diaryl/α,β-unsaturated/α-hetero) is 1. The highest BCUT2D eigenvalue weighted by molar-refractivity contribution is 5.97. The van der Waals surface area contributed by atoms with Crippen molar-refractivity contribution in [1.29, 1.82) is 0 Å². The van der Waals surface area contributed by atoms with E-state index in [0.29, 0.717) is 17.1 Å². The molecule has 1 heterocycles. The third-order valence-corrected chi connectivity index (χ3v) is 2.75. The van der Waals surface area contributed by atoms with E-state index < -0.39 is 5.82 Å². The normalized spacial score (nSPS) is 10.3. The topological polar surface area (TPSA) is 39.2 Å². The van der Waals surface area contributed by atoms with Crippen molar-refractivity contribution in [1.82, 2.24) is 4.98 Å². The number of aromatic nitrogens is 1. The largest absolute Gasteiger partial charge is 0.455 e. The van der Waals surface area contributed by atoms with Gasteiger partial charge in [0.25, 0.3) is 0 Å². The molecule has 4 heteroatoms. The number of hydrogen-bond acceptors (Lipinski definition) is 3. The molecule has 1 aromatic heterocycles. The van der Waals surface area contributed by atoms with Gasteiger partial charge in [-0.2, -0.15) is 0 Å². The molecule has 0 saturated heterocycles. The maximum atomic E-state index is 13.5. The maximum absolute atomic E-state index is 13.5. The molecule has 3 nitrogen and oxygen atoms in total. The number of pyridine rings is 1. The second kappa shape index (κ2) is 5.18. The molecule has 0 radical (unpaired) electrons. The summed E-state index contributed by atoms with van der Waals surface area (Å²) in [5, 5.41) is 0. The minimum atomic E-state index is -0.417. The number of aryl methyl sites for hydroxylation is 2. The number of ketones is 1. The van der Waals surface area contributed by atoms with Gasteiger partial charge in [-0.3, -0.25) is 9.78 Å². The molecule has 0 unspecified atom stereocenters. The van der Waals surface area contributed by atoms with Crippen molar-refractivity contribution >= 4 is 5.78 Å². The second-order valence-electron chi connectivity index (χ2n) is 4.39. The Balaban J connectivity index is 2.41. The molecule has 0 N–H and O–H groups in total. The highest BCUT2D eigenvalue weighted by Gasteiger charge is 2.13. The first-order valence-electron chi connectivity index (χ1n) is 5.89. The van der Waals surface area contributed by atoms with Crippen molar-refractivity contribution in [2.75, 3.05) is 0 Å². The quantitative estimate of drug-likeness (QED) is 0.786. The predicted molar refractivity (Wildman–Crippen MR) is 70.2 cm³/mol. The minimum absolute atomic E-state index is 0.226. The number of benzene rings is 1. The summed E-state index contributed by atoms with van der Waals surface area (Å²) in [5.74, 6) is 0.199. The standard InChI is InChI=1S/C15H14FNO2/c1-9-6-15(13(11(3)18)7-14(9)16)19-12-5-4-10(2)17-8-12/h4-8H,1-3H3. The fraction of sp³-hybridized carbons (Fsp3) is 0.200. The van der Waals surface area contributed by atoms with Crippen molar-refractivity contribution in [3.05, 3.63) is 53.1 Å². The summed E-state index contributed by atoms with van der Waals surface area (Å²) in [5.41, 5.74) is 1.53. The van der Waals surface area contributed by atoms with Gasteiger partial charge in [0.2, 0.25) is 0 Å². The van der Waals surface area contributed by atoms with Gasteiger partial charge in [-0.05, 0) is 50.6 Å². The molecule has 0 aliphatic heterocycles. The smallest absolute Gasteiger partial charge is 0.163 e. The Bertz CT molecular complexity index is 621. The van der Waals surface area contributed by atoms with Crippen molar-refractivity contribution in [2.24, 2.45) is 0 Å². The van der Waals surface area contributed by atoms with Crippen LogP contribution in [0.3, 0.4) is 0 Å². The van der Waals surface area contributed by atoms with Crippen LogP contribution in [0.4, 0.5) is 4.39 Å². The van der Waals surface area contributed by atoms with Gasteiger partial charge in [0, 0.05) is 5.69 Å². The fourth-order valence-corrected chi connectivity index (χ4v) is 1.66. The van der Waals surface area contributed by atoms with E-state index in [9.17, 15) is 9.18 Å². The average molecular weight is 259 g/mol. The van der Waals surface area contributed by atoms with E-state index in [4.69, 9.17) is 4.74 Å². The molecule has 19 heavy (non-hydrogen) atoms. The van der Waals surface area contributed by atoms with Crippen molar-refractivity contribution in [3.63, 3.8) is 0 Å². The molecular weight excluding hydrogens is 245 g/mol. The summed E-state index contributed by atoms with van der Waals surface area (Å²) >= 11 is 0. The van der Waals surface area contributed by atoms with Gasteiger partial charge < -0.3 is 4.74 Å². The van der Waals surface area contributed by atoms with E-state index in [1.165, 1.54) is 19.1 Å². The van der Waals surface area contributed by atoms with Gasteiger partial charge in [0.05, 0.1) is 11.8 Å². The summed E-state index contributed by atoms with van der Waals surface area (Å²) in [7, 11) is 0. The SMILES string of the molecule is CC(=O)c1cc(F)c(C)cc1Oc1ccc(C)nc1. The van der Waals surface area contributed by atoms with Gasteiger partial charge in [0.1, 0.15) is 17.3 Å². The van der Waals surface area contributed by atoms with E-state index in [-0.39, 0.29) is 11.3 Å². The number of carbonyl (C=O) groups is 1. The maximum Gasteiger partial charge on any atom is 0.163 e. The van der Waals surface area contributed by atoms with Crippen LogP contribution in [0, 0.1) is 19.7 Å². The van der Waals surface area contributed by atoms with Crippen LogP contribution in [0.1, 0.15) is 28.5 Å². The number of halogens is 1. The van der Waals surface area contributed by atoms with Crippen molar-refractivity contribution in [2.45, 2.75) is 20.8 Å². The number of rotatable bonds is 3. The molecule has 0 fully saturated rings. The van der Waals surface area contributed by atoms with Crippen LogP contribution in [-0.2, 0) is 0 Å². The molecule has 0 bridgehead atoms. The third-order valence-electron chi connectivity index (χ3n) is 2.75. The lowest BCUT2D eigenvalue weighted by atomic mass is 10.1. The van der Waals surface area contributed by atoms with Crippen LogP contribution < -0.4 is 4.74 Å². The summed E-state index contributed by atoms with van der Waals surface area (Å²) < 4.78 is 19.1. The summed E-state index contributed by atoms with van der Waals surface area (Å²) in [4.78, 5) is 15.6. The number of hydrogen-bond donors (Lipinski definition) is 0. The van der Waals surface area contributed by atoms with Gasteiger partial charge in [-0.25, -0.2) is 4.39 Å². The van der Waals surface area contributed by atoms with Crippen molar-refractivity contribution in [3.8, 4) is 11.5 Å². The van der Waals surface area contributed by atoms with Gasteiger partial charge in [-0.1, -0.05) is 0 Å². The predicted octanol–water partition coefficient (Wildman–Crippen LogP) is 3.83. The Morgan fingerprint density at radius 3 is 2.58 bits per heavy atom. The lowest BCUT2D eigenvalue weighted by Crippen LogP contribution is -2.00. The van der Waals surface area contributed by atoms with Crippen LogP contribution in [0.15, 0.2) is 30.5 Å². The first-order valence-corrected chi connectivity index (χ1v) is 5.89. The fourth-order valence-electron chi connectivity index (χ4n) is 1.66. The van der Waals surface area contributed by atoms with Crippen molar-refractivity contribution < 1.29 is 13.9 Å². The van der Waals surface area contributed by atoms with Gasteiger partial charge in [0.15, 0.2) is 5.78 Å². The number of nitrogens with zero attached hydrogens (tertiary/aromatic N) is 1. The third kappa shape index (κ3) is 2.96. The zero-order chi connectivity index (χ0) is 14.0. The monoisotopic (exact) mass is 259 g/mol. The van der Waals surface area contributed by atoms with Crippen LogP contribution in [0.5, 0.6) is 11.5 Å². The van der Waals surface area contributed by atoms with Crippen LogP contribution in [-0.4, -0.2) is 10.8 Å². The molecule has 0 atom stereocenters. The number of carbonyl (C=O) groups excluding carboxylic acids is 1. The Hall–Kier alpha value is -2.23. The Morgan fingerprint density at radius 2 is 2.00 bits per heavy atom. The molecule has 1 aromatic carbocycles. The van der Waals surface area contributed by atoms with Gasteiger partial charge >= 0.3 is 0 Å². The molecule has 2 rings (SSSR count). The lowest BCUT2D eigenvalue weighted by molar-refractivity contribution is 0.101. The molecule has 2 aromatic rings. The van der Waals surface area contributed by atoms with Gasteiger partial charge in [-0.15, -0.1) is 0 Å². The van der Waals surface area contributed by atoms with E-state index in [0.717, 1.165) is 5.69 Å². The summed E-state index contributed by atoms with van der Waals surface area (Å²) in [6, 6.07) is 6.28. The molecule has 98 valence electrons. The minimum Gasteiger partial charge on any atom is -0.455 e. The molecular formula is C15H14FNO2. The summed E-state index contributed by atoms with van der Waals surface area (Å²) in [6.07, 6.45) is 1.57. The first-order chi connectivity index (χ1) is 8.97. The lowest BCUT2D eigenvalue weighted by Gasteiger charge is -2.11. The average Bonchev–Trinajstić information content (AvgIpc) is 2.36. The van der Waals surface area contributed by atoms with E-state index >= 15 is 0 Å². The molecule has 0 spiro atoms.